The summed E-state index contributed by atoms with van der Waals surface area (Å²) in [5.41, 5.74) is 1.24. The zero-order valence-electron chi connectivity index (χ0n) is 12.6. The zero-order valence-corrected chi connectivity index (χ0v) is 13.5. The number of hydrogen-bond donors (Lipinski definition) is 2. The third kappa shape index (κ3) is 3.64. The Morgan fingerprint density at radius 1 is 1.38 bits per heavy atom. The van der Waals surface area contributed by atoms with Gasteiger partial charge in [-0.15, -0.1) is 11.3 Å². The largest absolute Gasteiger partial charge is 0.481 e. The number of amides is 1. The average Bonchev–Trinajstić information content (AvgIpc) is 3.05. The van der Waals surface area contributed by atoms with Gasteiger partial charge in [0.05, 0.1) is 10.8 Å². The number of nitrogens with one attached hydrogen (secondary N) is 1. The van der Waals surface area contributed by atoms with Crippen molar-refractivity contribution in [1.82, 2.24) is 5.32 Å². The molecule has 1 saturated carbocycles. The van der Waals surface area contributed by atoms with E-state index in [4.69, 9.17) is 0 Å². The van der Waals surface area contributed by atoms with Gasteiger partial charge in [0.25, 0.3) is 5.91 Å². The number of aliphatic carboxylic acids is 1. The van der Waals surface area contributed by atoms with Crippen molar-refractivity contribution >= 4 is 23.2 Å². The van der Waals surface area contributed by atoms with E-state index in [0.717, 1.165) is 32.1 Å². The Morgan fingerprint density at radius 2 is 2.14 bits per heavy atom. The molecule has 0 aromatic carbocycles. The molecule has 1 aromatic rings. The summed E-state index contributed by atoms with van der Waals surface area (Å²) in [7, 11) is 0. The van der Waals surface area contributed by atoms with Gasteiger partial charge in [-0.3, -0.25) is 9.59 Å². The van der Waals surface area contributed by atoms with E-state index in [1.165, 1.54) is 10.4 Å². The van der Waals surface area contributed by atoms with Gasteiger partial charge < -0.3 is 10.4 Å². The van der Waals surface area contributed by atoms with Crippen LogP contribution in [0.3, 0.4) is 0 Å². The van der Waals surface area contributed by atoms with Crippen LogP contribution in [0.2, 0.25) is 0 Å². The molecule has 1 fully saturated rings. The van der Waals surface area contributed by atoms with Crippen LogP contribution in [-0.2, 0) is 17.6 Å². The van der Waals surface area contributed by atoms with Gasteiger partial charge in [0.1, 0.15) is 0 Å². The van der Waals surface area contributed by atoms with Gasteiger partial charge in [0.15, 0.2) is 0 Å². The van der Waals surface area contributed by atoms with Crippen molar-refractivity contribution < 1.29 is 14.7 Å². The molecule has 1 aliphatic rings. The van der Waals surface area contributed by atoms with E-state index in [1.54, 1.807) is 11.3 Å². The van der Waals surface area contributed by atoms with Crippen LogP contribution >= 0.6 is 11.3 Å². The van der Waals surface area contributed by atoms with E-state index < -0.39 is 11.9 Å². The lowest BCUT2D eigenvalue weighted by Gasteiger charge is -2.16. The molecule has 0 aliphatic heterocycles. The van der Waals surface area contributed by atoms with Gasteiger partial charge in [0.2, 0.25) is 0 Å². The standard InChI is InChI=1S/C16H23NO3S/c1-3-6-13-10(4-2)9-14(21-13)15(18)17-12-8-5-7-11(12)16(19)20/h9,11-12H,3-8H2,1-2H3,(H,17,18)(H,19,20). The number of aryl methyl sites for hydroxylation is 2. The number of carbonyl (C=O) groups excluding carboxylic acids is 1. The minimum atomic E-state index is -0.801. The molecule has 1 aromatic heterocycles. The normalized spacial score (nSPS) is 21.4. The smallest absolute Gasteiger partial charge is 0.308 e. The second-order valence-corrected chi connectivity index (χ2v) is 6.75. The first-order valence-corrected chi connectivity index (χ1v) is 8.53. The highest BCUT2D eigenvalue weighted by molar-refractivity contribution is 7.14. The summed E-state index contributed by atoms with van der Waals surface area (Å²) in [6.45, 7) is 4.23. The molecule has 1 aliphatic carbocycles. The number of rotatable bonds is 6. The van der Waals surface area contributed by atoms with E-state index in [1.807, 2.05) is 6.07 Å². The molecular weight excluding hydrogens is 286 g/mol. The van der Waals surface area contributed by atoms with Crippen molar-refractivity contribution in [2.24, 2.45) is 5.92 Å². The molecule has 0 saturated heterocycles. The van der Waals surface area contributed by atoms with E-state index in [0.29, 0.717) is 11.3 Å². The Hall–Kier alpha value is -1.36. The summed E-state index contributed by atoms with van der Waals surface area (Å²) >= 11 is 1.55. The van der Waals surface area contributed by atoms with Crippen LogP contribution in [0, 0.1) is 5.92 Å². The van der Waals surface area contributed by atoms with Crippen LogP contribution < -0.4 is 5.32 Å². The number of carboxylic acid groups (broad SMARTS) is 1. The minimum absolute atomic E-state index is 0.116. The first-order chi connectivity index (χ1) is 10.1. The first kappa shape index (κ1) is 16.0. The van der Waals surface area contributed by atoms with Gasteiger partial charge in [-0.25, -0.2) is 0 Å². The van der Waals surface area contributed by atoms with E-state index in [-0.39, 0.29) is 11.9 Å². The molecule has 21 heavy (non-hydrogen) atoms. The summed E-state index contributed by atoms with van der Waals surface area (Å²) in [6.07, 6.45) is 5.29. The number of carboxylic acids is 1. The average molecular weight is 309 g/mol. The van der Waals surface area contributed by atoms with Gasteiger partial charge in [-0.1, -0.05) is 26.7 Å². The molecule has 2 rings (SSSR count). The summed E-state index contributed by atoms with van der Waals surface area (Å²) in [4.78, 5) is 25.5. The van der Waals surface area contributed by atoms with Crippen molar-refractivity contribution in [3.8, 4) is 0 Å². The summed E-state index contributed by atoms with van der Waals surface area (Å²) in [5.74, 6) is -1.35. The zero-order chi connectivity index (χ0) is 15.4. The maximum atomic E-state index is 12.4. The van der Waals surface area contributed by atoms with Crippen LogP contribution in [0.4, 0.5) is 0 Å². The third-order valence-electron chi connectivity index (χ3n) is 4.13. The molecule has 0 radical (unpaired) electrons. The van der Waals surface area contributed by atoms with Crippen LogP contribution in [0.15, 0.2) is 6.07 Å². The molecule has 5 heteroatoms. The molecule has 116 valence electrons. The SMILES string of the molecule is CCCc1sc(C(=O)NC2CCCC2C(=O)O)cc1CC. The molecule has 2 unspecified atom stereocenters. The highest BCUT2D eigenvalue weighted by Gasteiger charge is 2.34. The van der Waals surface area contributed by atoms with Gasteiger partial charge in [-0.2, -0.15) is 0 Å². The predicted molar refractivity (Wildman–Crippen MR) is 83.9 cm³/mol. The van der Waals surface area contributed by atoms with Crippen molar-refractivity contribution in [1.29, 1.82) is 0 Å². The molecule has 4 nitrogen and oxygen atoms in total. The fourth-order valence-corrected chi connectivity index (χ4v) is 4.24. The molecule has 1 heterocycles. The lowest BCUT2D eigenvalue weighted by molar-refractivity contribution is -0.142. The Labute approximate surface area is 129 Å². The number of thiophene rings is 1. The molecule has 2 N–H and O–H groups in total. The lowest BCUT2D eigenvalue weighted by Crippen LogP contribution is -2.39. The first-order valence-electron chi connectivity index (χ1n) is 7.72. The Morgan fingerprint density at radius 3 is 2.76 bits per heavy atom. The number of carbonyl (C=O) groups is 2. The Bertz CT molecular complexity index is 524. The highest BCUT2D eigenvalue weighted by Crippen LogP contribution is 2.28. The van der Waals surface area contributed by atoms with Crippen LogP contribution in [-0.4, -0.2) is 23.0 Å². The van der Waals surface area contributed by atoms with Gasteiger partial charge in [-0.05, 0) is 37.3 Å². The molecule has 2 atom stereocenters. The summed E-state index contributed by atoms with van der Waals surface area (Å²) < 4.78 is 0. The second-order valence-electron chi connectivity index (χ2n) is 5.62. The van der Waals surface area contributed by atoms with Crippen molar-refractivity contribution in [2.75, 3.05) is 0 Å². The maximum absolute atomic E-state index is 12.4. The molecular formula is C16H23NO3S. The van der Waals surface area contributed by atoms with E-state index >= 15 is 0 Å². The van der Waals surface area contributed by atoms with E-state index in [2.05, 4.69) is 19.2 Å². The van der Waals surface area contributed by atoms with Gasteiger partial charge >= 0.3 is 5.97 Å². The van der Waals surface area contributed by atoms with E-state index in [9.17, 15) is 14.7 Å². The van der Waals surface area contributed by atoms with Crippen molar-refractivity contribution in [3.63, 3.8) is 0 Å². The van der Waals surface area contributed by atoms with Crippen LogP contribution in [0.1, 0.15) is 59.6 Å². The van der Waals surface area contributed by atoms with Gasteiger partial charge in [0, 0.05) is 10.9 Å². The molecule has 0 spiro atoms. The topological polar surface area (TPSA) is 66.4 Å². The van der Waals surface area contributed by atoms with Crippen molar-refractivity contribution in [3.05, 3.63) is 21.4 Å². The fourth-order valence-electron chi connectivity index (χ4n) is 2.98. The Balaban J connectivity index is 2.08. The molecule has 1 amide bonds. The van der Waals surface area contributed by atoms with Crippen molar-refractivity contribution in [2.45, 2.75) is 58.4 Å². The number of hydrogen-bond acceptors (Lipinski definition) is 3. The fraction of sp³-hybridized carbons (Fsp3) is 0.625. The minimum Gasteiger partial charge on any atom is -0.481 e. The second kappa shape index (κ2) is 7.07. The Kier molecular flexibility index (Phi) is 5.39. The molecule has 0 bridgehead atoms. The highest BCUT2D eigenvalue weighted by atomic mass is 32.1. The lowest BCUT2D eigenvalue weighted by atomic mass is 10.0. The van der Waals surface area contributed by atoms with Crippen LogP contribution in [0.25, 0.3) is 0 Å². The quantitative estimate of drug-likeness (QED) is 0.847. The monoisotopic (exact) mass is 309 g/mol. The third-order valence-corrected chi connectivity index (χ3v) is 5.36. The summed E-state index contributed by atoms with van der Waals surface area (Å²) in [6, 6.07) is 1.74. The maximum Gasteiger partial charge on any atom is 0.308 e. The van der Waals surface area contributed by atoms with Crippen LogP contribution in [0.5, 0.6) is 0 Å². The summed E-state index contributed by atoms with van der Waals surface area (Å²) in [5, 5.41) is 12.1. The predicted octanol–water partition coefficient (Wildman–Crippen LogP) is 3.25.